The van der Waals surface area contributed by atoms with E-state index in [1.807, 2.05) is 25.3 Å². The molecule has 0 aromatic heterocycles. The Morgan fingerprint density at radius 2 is 2.26 bits per heavy atom. The molecule has 1 aromatic carbocycles. The largest absolute Gasteiger partial charge is 0.497 e. The Labute approximate surface area is 127 Å². The fourth-order valence-corrected chi connectivity index (χ4v) is 2.54. The second-order valence-electron chi connectivity index (χ2n) is 4.19. The van der Waals surface area contributed by atoms with Crippen LogP contribution in [0.1, 0.15) is 6.92 Å². The van der Waals surface area contributed by atoms with E-state index in [2.05, 4.69) is 21.2 Å². The van der Waals surface area contributed by atoms with Gasteiger partial charge in [-0.1, -0.05) is 0 Å². The topological polar surface area (TPSA) is 41.6 Å². The summed E-state index contributed by atoms with van der Waals surface area (Å²) < 4.78 is 5.98. The van der Waals surface area contributed by atoms with Crippen molar-refractivity contribution in [2.24, 2.45) is 0 Å². The minimum atomic E-state index is -0.129. The van der Waals surface area contributed by atoms with E-state index in [9.17, 15) is 4.79 Å². The van der Waals surface area contributed by atoms with Crippen molar-refractivity contribution in [3.63, 3.8) is 0 Å². The van der Waals surface area contributed by atoms with Crippen LogP contribution in [0, 0.1) is 0 Å². The second kappa shape index (κ2) is 7.65. The molecule has 0 fully saturated rings. The van der Waals surface area contributed by atoms with Gasteiger partial charge in [0.05, 0.1) is 12.8 Å². The van der Waals surface area contributed by atoms with E-state index in [1.165, 1.54) is 0 Å². The van der Waals surface area contributed by atoms with Crippen molar-refractivity contribution in [3.05, 3.63) is 22.7 Å². The summed E-state index contributed by atoms with van der Waals surface area (Å²) in [5, 5.41) is 2.87. The summed E-state index contributed by atoms with van der Waals surface area (Å²) in [4.78, 5) is 13.8. The molecular formula is C13H19BrN2O2S. The minimum Gasteiger partial charge on any atom is -0.497 e. The Hall–Kier alpha value is -0.880. The van der Waals surface area contributed by atoms with Crippen LogP contribution >= 0.6 is 27.7 Å². The summed E-state index contributed by atoms with van der Waals surface area (Å²) in [6.07, 6.45) is 2.03. The van der Waals surface area contributed by atoms with Gasteiger partial charge in [0.2, 0.25) is 0 Å². The predicted octanol–water partition coefficient (Wildman–Crippen LogP) is 3.67. The maximum absolute atomic E-state index is 12.1. The number of amides is 2. The van der Waals surface area contributed by atoms with Gasteiger partial charge in [0.15, 0.2) is 0 Å². The van der Waals surface area contributed by atoms with Gasteiger partial charge in [-0.25, -0.2) is 4.79 Å². The van der Waals surface area contributed by atoms with Crippen molar-refractivity contribution in [3.8, 4) is 5.75 Å². The van der Waals surface area contributed by atoms with Crippen molar-refractivity contribution < 1.29 is 9.53 Å². The maximum atomic E-state index is 12.1. The van der Waals surface area contributed by atoms with Crippen LogP contribution in [0.5, 0.6) is 5.75 Å². The Bertz CT molecular complexity index is 443. The normalized spacial score (nSPS) is 11.8. The highest BCUT2D eigenvalue weighted by Gasteiger charge is 2.16. The van der Waals surface area contributed by atoms with E-state index >= 15 is 0 Å². The van der Waals surface area contributed by atoms with Crippen molar-refractivity contribution in [2.75, 3.05) is 31.5 Å². The molecule has 0 unspecified atom stereocenters. The van der Waals surface area contributed by atoms with Crippen LogP contribution in [0.15, 0.2) is 22.7 Å². The summed E-state index contributed by atoms with van der Waals surface area (Å²) in [5.74, 6) is 1.61. The quantitative estimate of drug-likeness (QED) is 0.884. The molecule has 1 aromatic rings. The number of anilines is 1. The maximum Gasteiger partial charge on any atom is 0.321 e. The monoisotopic (exact) mass is 346 g/mol. The van der Waals surface area contributed by atoms with Crippen LogP contribution in [0.2, 0.25) is 0 Å². The lowest BCUT2D eigenvalue weighted by atomic mass is 10.3. The van der Waals surface area contributed by atoms with E-state index in [1.54, 1.807) is 36.9 Å². The summed E-state index contributed by atoms with van der Waals surface area (Å²) in [5.41, 5.74) is 0.701. The van der Waals surface area contributed by atoms with E-state index in [-0.39, 0.29) is 12.1 Å². The van der Waals surface area contributed by atoms with Crippen LogP contribution in [0.3, 0.4) is 0 Å². The number of benzene rings is 1. The molecule has 2 amide bonds. The zero-order chi connectivity index (χ0) is 14.4. The molecule has 6 heteroatoms. The fourth-order valence-electron chi connectivity index (χ4n) is 1.48. The molecule has 0 saturated heterocycles. The molecule has 4 nitrogen and oxygen atoms in total. The van der Waals surface area contributed by atoms with Gasteiger partial charge in [-0.3, -0.25) is 0 Å². The first-order valence-electron chi connectivity index (χ1n) is 5.86. The average Bonchev–Trinajstić information content (AvgIpc) is 2.40. The first kappa shape index (κ1) is 16.2. The van der Waals surface area contributed by atoms with Crippen LogP contribution in [0.25, 0.3) is 0 Å². The number of carbonyl (C=O) groups excluding carboxylic acids is 1. The van der Waals surface area contributed by atoms with Crippen LogP contribution in [-0.4, -0.2) is 43.1 Å². The number of hydrogen-bond acceptors (Lipinski definition) is 3. The third-order valence-electron chi connectivity index (χ3n) is 2.80. The Kier molecular flexibility index (Phi) is 6.51. The number of rotatable bonds is 5. The second-order valence-corrected chi connectivity index (χ2v) is 5.96. The molecule has 106 valence electrons. The van der Waals surface area contributed by atoms with Gasteiger partial charge < -0.3 is 15.0 Å². The number of hydrogen-bond donors (Lipinski definition) is 1. The SMILES string of the molecule is COc1ccc(Br)c(NC(=O)N(C)[C@H](C)CSC)c1. The molecule has 0 aliphatic heterocycles. The summed E-state index contributed by atoms with van der Waals surface area (Å²) in [7, 11) is 3.39. The van der Waals surface area contributed by atoms with Gasteiger partial charge in [-0.15, -0.1) is 0 Å². The van der Waals surface area contributed by atoms with E-state index in [4.69, 9.17) is 4.74 Å². The smallest absolute Gasteiger partial charge is 0.321 e. The van der Waals surface area contributed by atoms with E-state index in [0.717, 1.165) is 10.2 Å². The van der Waals surface area contributed by atoms with Crippen LogP contribution in [0.4, 0.5) is 10.5 Å². The van der Waals surface area contributed by atoms with Gasteiger partial charge in [-0.2, -0.15) is 11.8 Å². The lowest BCUT2D eigenvalue weighted by Crippen LogP contribution is -2.39. The highest BCUT2D eigenvalue weighted by Crippen LogP contribution is 2.27. The molecule has 0 radical (unpaired) electrons. The van der Waals surface area contributed by atoms with Gasteiger partial charge in [0.1, 0.15) is 5.75 Å². The van der Waals surface area contributed by atoms with Crippen LogP contribution < -0.4 is 10.1 Å². The zero-order valence-electron chi connectivity index (χ0n) is 11.6. The standard InChI is InChI=1S/C13H19BrN2O2S/c1-9(8-19-4)16(2)13(17)15-12-7-10(18-3)5-6-11(12)14/h5-7,9H,8H2,1-4H3,(H,15,17)/t9-/m1/s1. The van der Waals surface area contributed by atoms with Crippen molar-refractivity contribution in [1.29, 1.82) is 0 Å². The first-order chi connectivity index (χ1) is 8.99. The lowest BCUT2D eigenvalue weighted by Gasteiger charge is -2.25. The lowest BCUT2D eigenvalue weighted by molar-refractivity contribution is 0.212. The number of thioether (sulfide) groups is 1. The fraction of sp³-hybridized carbons (Fsp3) is 0.462. The Morgan fingerprint density at radius 1 is 1.58 bits per heavy atom. The minimum absolute atomic E-state index is 0.129. The molecule has 0 spiro atoms. The molecule has 19 heavy (non-hydrogen) atoms. The van der Waals surface area contributed by atoms with E-state index in [0.29, 0.717) is 11.4 Å². The number of ether oxygens (including phenoxy) is 1. The third kappa shape index (κ3) is 4.62. The molecule has 0 saturated carbocycles. The molecule has 0 aliphatic rings. The van der Waals surface area contributed by atoms with Gasteiger partial charge in [0.25, 0.3) is 0 Å². The highest BCUT2D eigenvalue weighted by atomic mass is 79.9. The number of nitrogens with one attached hydrogen (secondary N) is 1. The van der Waals surface area contributed by atoms with Crippen molar-refractivity contribution in [2.45, 2.75) is 13.0 Å². The molecule has 0 bridgehead atoms. The predicted molar refractivity (Wildman–Crippen MR) is 85.3 cm³/mol. The molecule has 0 aliphatic carbocycles. The zero-order valence-corrected chi connectivity index (χ0v) is 14.0. The van der Waals surface area contributed by atoms with Gasteiger partial charge >= 0.3 is 6.03 Å². The van der Waals surface area contributed by atoms with Gasteiger partial charge in [0, 0.05) is 29.4 Å². The molecule has 1 N–H and O–H groups in total. The van der Waals surface area contributed by atoms with Gasteiger partial charge in [-0.05, 0) is 41.2 Å². The summed E-state index contributed by atoms with van der Waals surface area (Å²) in [6, 6.07) is 5.52. The first-order valence-corrected chi connectivity index (χ1v) is 8.04. The number of urea groups is 1. The summed E-state index contributed by atoms with van der Waals surface area (Å²) >= 11 is 5.13. The Balaban J connectivity index is 2.76. The third-order valence-corrected chi connectivity index (χ3v) is 4.31. The number of halogens is 1. The van der Waals surface area contributed by atoms with Crippen molar-refractivity contribution in [1.82, 2.24) is 4.90 Å². The number of carbonyl (C=O) groups is 1. The average molecular weight is 347 g/mol. The molecule has 1 rings (SSSR count). The van der Waals surface area contributed by atoms with Crippen molar-refractivity contribution >= 4 is 39.4 Å². The Morgan fingerprint density at radius 3 is 2.84 bits per heavy atom. The molecular weight excluding hydrogens is 328 g/mol. The number of nitrogens with zero attached hydrogens (tertiary/aromatic N) is 1. The highest BCUT2D eigenvalue weighted by molar-refractivity contribution is 9.10. The van der Waals surface area contributed by atoms with E-state index < -0.39 is 0 Å². The number of methoxy groups -OCH3 is 1. The summed E-state index contributed by atoms with van der Waals surface area (Å²) in [6.45, 7) is 2.02. The van der Waals surface area contributed by atoms with Crippen LogP contribution in [-0.2, 0) is 0 Å². The molecule has 0 heterocycles. The molecule has 1 atom stereocenters.